The van der Waals surface area contributed by atoms with Crippen LogP contribution in [0.4, 0.5) is 5.95 Å². The third-order valence-corrected chi connectivity index (χ3v) is 6.96. The molecule has 11 nitrogen and oxygen atoms in total. The first-order chi connectivity index (χ1) is 17.6. The smallest absolute Gasteiger partial charge is 0.322 e. The summed E-state index contributed by atoms with van der Waals surface area (Å²) in [6, 6.07) is 2.22. The number of aromatic nitrogens is 5. The van der Waals surface area contributed by atoms with Crippen LogP contribution < -0.4 is 19.7 Å². The molecule has 0 bridgehead atoms. The van der Waals surface area contributed by atoms with Gasteiger partial charge in [-0.15, -0.1) is 0 Å². The average molecular weight is 496 g/mol. The molecule has 0 radical (unpaired) electrons. The van der Waals surface area contributed by atoms with Crippen molar-refractivity contribution >= 4 is 22.9 Å². The van der Waals surface area contributed by atoms with Crippen molar-refractivity contribution in [1.29, 1.82) is 0 Å². The molecule has 2 aliphatic rings. The number of fused-ring (bicyclic) bond motifs is 1. The summed E-state index contributed by atoms with van der Waals surface area (Å²) in [4.78, 5) is 36.0. The van der Waals surface area contributed by atoms with Crippen LogP contribution in [-0.2, 0) is 4.74 Å². The number of pyridine rings is 1. The standard InChI is InChI=1S/C25H33N7O4/c1-15(14-34-2)36-25-30-22(23(33)28-17-5-4-6-17)29-24(31-25)32-11-8-16(9-12-32)18-13-27-21-20(18)19(35-3)7-10-26-21/h7,10,13,15-17H,4-6,8-9,11-12,14H2,1-3H3,(H,26,27)(H,28,33)/t15-/m1/s1. The summed E-state index contributed by atoms with van der Waals surface area (Å²) in [6.45, 7) is 3.73. The van der Waals surface area contributed by atoms with Crippen LogP contribution >= 0.6 is 0 Å². The number of aromatic amines is 1. The Bertz CT molecular complexity index is 1200. The maximum absolute atomic E-state index is 12.9. The van der Waals surface area contributed by atoms with Crippen LogP contribution in [-0.4, -0.2) is 76.9 Å². The van der Waals surface area contributed by atoms with Crippen molar-refractivity contribution in [2.75, 3.05) is 38.8 Å². The highest BCUT2D eigenvalue weighted by atomic mass is 16.5. The number of hydrogen-bond donors (Lipinski definition) is 2. The quantitative estimate of drug-likeness (QED) is 0.460. The molecule has 1 amide bonds. The number of nitrogens with one attached hydrogen (secondary N) is 2. The molecule has 1 saturated heterocycles. The van der Waals surface area contributed by atoms with Crippen LogP contribution in [0, 0.1) is 0 Å². The fraction of sp³-hybridized carbons (Fsp3) is 0.560. The van der Waals surface area contributed by atoms with E-state index in [1.165, 1.54) is 5.56 Å². The van der Waals surface area contributed by atoms with Crippen LogP contribution in [0.15, 0.2) is 18.5 Å². The van der Waals surface area contributed by atoms with E-state index in [9.17, 15) is 4.79 Å². The Hall–Kier alpha value is -3.47. The molecule has 2 N–H and O–H groups in total. The molecule has 5 rings (SSSR count). The zero-order valence-corrected chi connectivity index (χ0v) is 21.0. The summed E-state index contributed by atoms with van der Waals surface area (Å²) in [7, 11) is 3.29. The number of H-pyrrole nitrogens is 1. The average Bonchev–Trinajstić information content (AvgIpc) is 3.30. The Morgan fingerprint density at radius 1 is 1.19 bits per heavy atom. The number of rotatable bonds is 9. The number of piperidine rings is 1. The van der Waals surface area contributed by atoms with Crippen LogP contribution in [0.3, 0.4) is 0 Å². The summed E-state index contributed by atoms with van der Waals surface area (Å²) < 4.78 is 16.6. The van der Waals surface area contributed by atoms with Crippen LogP contribution in [0.25, 0.3) is 11.0 Å². The van der Waals surface area contributed by atoms with Gasteiger partial charge in [-0.25, -0.2) is 4.98 Å². The monoisotopic (exact) mass is 495 g/mol. The SMILES string of the molecule is COC[C@@H](C)Oc1nc(C(=O)NC2CCC2)nc(N2CCC(c3c[nH]c4nccc(OC)c34)CC2)n1. The summed E-state index contributed by atoms with van der Waals surface area (Å²) in [5, 5.41) is 4.05. The Balaban J connectivity index is 1.34. The molecule has 1 aliphatic heterocycles. The van der Waals surface area contributed by atoms with Crippen molar-refractivity contribution in [1.82, 2.24) is 30.2 Å². The van der Waals surface area contributed by atoms with E-state index in [-0.39, 0.29) is 29.9 Å². The summed E-state index contributed by atoms with van der Waals surface area (Å²) in [5.41, 5.74) is 2.04. The zero-order chi connectivity index (χ0) is 25.1. The van der Waals surface area contributed by atoms with Crippen molar-refractivity contribution in [3.63, 3.8) is 0 Å². The van der Waals surface area contributed by atoms with Gasteiger partial charge in [0.2, 0.25) is 11.8 Å². The molecule has 0 unspecified atom stereocenters. The van der Waals surface area contributed by atoms with Gasteiger partial charge < -0.3 is 29.4 Å². The number of nitrogens with zero attached hydrogens (tertiary/aromatic N) is 5. The Kier molecular flexibility index (Phi) is 7.17. The highest BCUT2D eigenvalue weighted by molar-refractivity contribution is 5.91. The van der Waals surface area contributed by atoms with Crippen LogP contribution in [0.5, 0.6) is 11.8 Å². The van der Waals surface area contributed by atoms with E-state index in [4.69, 9.17) is 14.2 Å². The second-order valence-corrected chi connectivity index (χ2v) is 9.47. The lowest BCUT2D eigenvalue weighted by Crippen LogP contribution is -2.41. The first kappa shape index (κ1) is 24.2. The largest absolute Gasteiger partial charge is 0.496 e. The number of carbonyl (C=O) groups is 1. The van der Waals surface area contributed by atoms with Gasteiger partial charge in [-0.3, -0.25) is 4.79 Å². The molecule has 2 fully saturated rings. The first-order valence-corrected chi connectivity index (χ1v) is 12.5. The molecule has 1 aliphatic carbocycles. The van der Waals surface area contributed by atoms with Gasteiger partial charge in [-0.1, -0.05) is 0 Å². The van der Waals surface area contributed by atoms with E-state index >= 15 is 0 Å². The lowest BCUT2D eigenvalue weighted by molar-refractivity contribution is 0.0832. The van der Waals surface area contributed by atoms with Gasteiger partial charge in [0.25, 0.3) is 5.91 Å². The van der Waals surface area contributed by atoms with Crippen molar-refractivity contribution in [2.45, 2.75) is 57.1 Å². The number of carbonyl (C=O) groups excluding carboxylic acids is 1. The predicted molar refractivity (Wildman–Crippen MR) is 134 cm³/mol. The van der Waals surface area contributed by atoms with Gasteiger partial charge >= 0.3 is 6.01 Å². The lowest BCUT2D eigenvalue weighted by atomic mass is 9.89. The molecular weight excluding hydrogens is 462 g/mol. The third-order valence-electron chi connectivity index (χ3n) is 6.96. The third kappa shape index (κ3) is 5.06. The minimum atomic E-state index is -0.291. The molecule has 1 saturated carbocycles. The summed E-state index contributed by atoms with van der Waals surface area (Å²) in [6.07, 6.45) is 8.42. The molecule has 0 aromatic carbocycles. The number of methoxy groups -OCH3 is 2. The molecule has 11 heteroatoms. The fourth-order valence-electron chi connectivity index (χ4n) is 4.83. The van der Waals surface area contributed by atoms with Crippen molar-refractivity contribution in [2.24, 2.45) is 0 Å². The number of hydrogen-bond acceptors (Lipinski definition) is 9. The van der Waals surface area contributed by atoms with E-state index in [0.29, 0.717) is 18.5 Å². The predicted octanol–water partition coefficient (Wildman–Crippen LogP) is 2.84. The lowest BCUT2D eigenvalue weighted by Gasteiger charge is -2.32. The molecule has 4 heterocycles. The maximum Gasteiger partial charge on any atom is 0.322 e. The van der Waals surface area contributed by atoms with E-state index < -0.39 is 0 Å². The van der Waals surface area contributed by atoms with Crippen molar-refractivity contribution in [3.8, 4) is 11.8 Å². The normalized spacial score (nSPS) is 17.6. The maximum atomic E-state index is 12.9. The summed E-state index contributed by atoms with van der Waals surface area (Å²) >= 11 is 0. The van der Waals surface area contributed by atoms with E-state index in [1.807, 2.05) is 19.2 Å². The molecule has 3 aromatic heterocycles. The van der Waals surface area contributed by atoms with Gasteiger partial charge in [-0.05, 0) is 56.6 Å². The van der Waals surface area contributed by atoms with E-state index in [1.54, 1.807) is 20.4 Å². The highest BCUT2D eigenvalue weighted by Gasteiger charge is 2.28. The first-order valence-electron chi connectivity index (χ1n) is 12.5. The topological polar surface area (TPSA) is 127 Å². The highest BCUT2D eigenvalue weighted by Crippen LogP contribution is 2.37. The van der Waals surface area contributed by atoms with Crippen molar-refractivity contribution < 1.29 is 19.0 Å². The van der Waals surface area contributed by atoms with Gasteiger partial charge in [0.1, 0.15) is 17.5 Å². The second-order valence-electron chi connectivity index (χ2n) is 9.47. The van der Waals surface area contributed by atoms with E-state index in [2.05, 4.69) is 35.1 Å². The number of ether oxygens (including phenoxy) is 3. The molecular formula is C25H33N7O4. The fourth-order valence-corrected chi connectivity index (χ4v) is 4.83. The van der Waals surface area contributed by atoms with Gasteiger partial charge in [0.05, 0.1) is 19.1 Å². The molecule has 192 valence electrons. The number of amides is 1. The molecule has 3 aromatic rings. The molecule has 36 heavy (non-hydrogen) atoms. The molecule has 1 atom stereocenters. The Labute approximate surface area is 210 Å². The Morgan fingerprint density at radius 3 is 2.69 bits per heavy atom. The van der Waals surface area contributed by atoms with E-state index in [0.717, 1.165) is 62.0 Å². The minimum Gasteiger partial charge on any atom is -0.496 e. The van der Waals surface area contributed by atoms with Crippen LogP contribution in [0.2, 0.25) is 0 Å². The van der Waals surface area contributed by atoms with Gasteiger partial charge in [0, 0.05) is 38.6 Å². The van der Waals surface area contributed by atoms with Gasteiger partial charge in [-0.2, -0.15) is 15.0 Å². The minimum absolute atomic E-state index is 0.0843. The van der Waals surface area contributed by atoms with Crippen molar-refractivity contribution in [3.05, 3.63) is 29.8 Å². The number of anilines is 1. The Morgan fingerprint density at radius 2 is 2.00 bits per heavy atom. The summed E-state index contributed by atoms with van der Waals surface area (Å²) in [5.74, 6) is 1.42. The second kappa shape index (κ2) is 10.7. The van der Waals surface area contributed by atoms with Crippen LogP contribution in [0.1, 0.15) is 61.1 Å². The molecule has 0 spiro atoms. The zero-order valence-electron chi connectivity index (χ0n) is 21.0. The van der Waals surface area contributed by atoms with Gasteiger partial charge in [0.15, 0.2) is 0 Å².